The van der Waals surface area contributed by atoms with Gasteiger partial charge in [-0.1, -0.05) is 25.5 Å². The lowest BCUT2D eigenvalue weighted by molar-refractivity contribution is 0.415. The minimum Gasteiger partial charge on any atom is -0.497 e. The van der Waals surface area contributed by atoms with Crippen molar-refractivity contribution < 1.29 is 13.2 Å². The Morgan fingerprint density at radius 2 is 1.73 bits per heavy atom. The molecule has 30 heavy (non-hydrogen) atoms. The second-order valence-corrected chi connectivity index (χ2v) is 10.0. The lowest BCUT2D eigenvalue weighted by atomic mass is 10.1. The molecule has 6 nitrogen and oxygen atoms in total. The van der Waals surface area contributed by atoms with Crippen LogP contribution in [0.2, 0.25) is 0 Å². The minimum absolute atomic E-state index is 0.287. The largest absolute Gasteiger partial charge is 0.497 e. The van der Waals surface area contributed by atoms with Gasteiger partial charge >= 0.3 is 0 Å². The van der Waals surface area contributed by atoms with Crippen LogP contribution in [-0.2, 0) is 16.6 Å². The predicted molar refractivity (Wildman–Crippen MR) is 122 cm³/mol. The fourth-order valence-electron chi connectivity index (χ4n) is 2.96. The van der Waals surface area contributed by atoms with E-state index in [0.717, 1.165) is 46.9 Å². The summed E-state index contributed by atoms with van der Waals surface area (Å²) in [5.41, 5.74) is 2.87. The normalized spacial score (nSPS) is 12.5. The molecule has 0 bridgehead atoms. The van der Waals surface area contributed by atoms with E-state index in [-0.39, 0.29) is 4.90 Å². The number of aromatic nitrogens is 1. The Morgan fingerprint density at radius 1 is 1.07 bits per heavy atom. The summed E-state index contributed by atoms with van der Waals surface area (Å²) in [6.45, 7) is 3.01. The number of rotatable bonds is 8. The zero-order valence-corrected chi connectivity index (χ0v) is 19.3. The van der Waals surface area contributed by atoms with Crippen LogP contribution in [0.25, 0.3) is 11.3 Å². The monoisotopic (exact) mass is 445 g/mol. The number of nitrogens with zero attached hydrogens (tertiary/aromatic N) is 3. The summed E-state index contributed by atoms with van der Waals surface area (Å²) in [7, 11) is 1.27. The molecule has 160 valence electrons. The fraction of sp³-hybridized carbons (Fsp3) is 0.318. The molecule has 0 atom stereocenters. The third-order valence-corrected chi connectivity index (χ3v) is 7.45. The smallest absolute Gasteiger partial charge is 0.242 e. The van der Waals surface area contributed by atoms with E-state index >= 15 is 0 Å². The highest BCUT2D eigenvalue weighted by Gasteiger charge is 2.17. The van der Waals surface area contributed by atoms with Crippen LogP contribution in [0.4, 0.5) is 5.69 Å². The van der Waals surface area contributed by atoms with Gasteiger partial charge in [0.1, 0.15) is 5.75 Å². The maximum atomic E-state index is 12.3. The van der Waals surface area contributed by atoms with Crippen LogP contribution in [-0.4, -0.2) is 38.5 Å². The topological polar surface area (TPSA) is 63.9 Å². The van der Waals surface area contributed by atoms with E-state index in [1.54, 1.807) is 30.6 Å². The van der Waals surface area contributed by atoms with E-state index in [9.17, 15) is 8.42 Å². The van der Waals surface area contributed by atoms with Crippen LogP contribution in [0.1, 0.15) is 19.8 Å². The molecule has 0 spiro atoms. The van der Waals surface area contributed by atoms with Gasteiger partial charge in [-0.05, 0) is 48.4 Å². The lowest BCUT2D eigenvalue weighted by Gasteiger charge is -2.12. The summed E-state index contributed by atoms with van der Waals surface area (Å²) < 4.78 is 33.3. The third-order valence-electron chi connectivity index (χ3n) is 4.76. The minimum atomic E-state index is -3.44. The number of benzene rings is 2. The molecule has 0 radical (unpaired) electrons. The molecule has 0 amide bonds. The zero-order valence-electron chi connectivity index (χ0n) is 17.7. The Bertz CT molecular complexity index is 1140. The average Bonchev–Trinajstić information content (AvgIpc) is 3.15. The molecule has 0 N–H and O–H groups in total. The van der Waals surface area contributed by atoms with Crippen molar-refractivity contribution >= 4 is 27.0 Å². The first kappa shape index (κ1) is 22.3. The van der Waals surface area contributed by atoms with Gasteiger partial charge in [-0.15, -0.1) is 11.3 Å². The molecule has 3 aromatic rings. The van der Waals surface area contributed by atoms with E-state index in [4.69, 9.17) is 9.73 Å². The molecular formula is C22H27N3O3S2. The fourth-order valence-corrected chi connectivity index (χ4v) is 4.81. The molecule has 2 aromatic carbocycles. The predicted octanol–water partition coefficient (Wildman–Crippen LogP) is 4.51. The van der Waals surface area contributed by atoms with Crippen molar-refractivity contribution in [2.75, 3.05) is 21.2 Å². The van der Waals surface area contributed by atoms with Crippen molar-refractivity contribution in [2.24, 2.45) is 4.99 Å². The second-order valence-electron chi connectivity index (χ2n) is 7.03. The van der Waals surface area contributed by atoms with Crippen LogP contribution in [0.5, 0.6) is 5.75 Å². The highest BCUT2D eigenvalue weighted by Crippen LogP contribution is 2.24. The van der Waals surface area contributed by atoms with E-state index in [1.165, 1.54) is 18.4 Å². The van der Waals surface area contributed by atoms with Crippen molar-refractivity contribution in [2.45, 2.75) is 31.2 Å². The number of sulfonamides is 1. The third kappa shape index (κ3) is 4.83. The summed E-state index contributed by atoms with van der Waals surface area (Å²) in [5, 5.41) is 2.08. The molecule has 8 heteroatoms. The van der Waals surface area contributed by atoms with Crippen LogP contribution in [0.3, 0.4) is 0 Å². The van der Waals surface area contributed by atoms with Gasteiger partial charge in [0.15, 0.2) is 4.80 Å². The van der Waals surface area contributed by atoms with Crippen molar-refractivity contribution in [3.05, 3.63) is 58.7 Å². The second kappa shape index (κ2) is 9.59. The van der Waals surface area contributed by atoms with Crippen molar-refractivity contribution in [3.63, 3.8) is 0 Å². The number of methoxy groups -OCH3 is 1. The van der Waals surface area contributed by atoms with Gasteiger partial charge in [0, 0.05) is 26.0 Å². The first-order chi connectivity index (χ1) is 14.4. The van der Waals surface area contributed by atoms with Crippen LogP contribution in [0, 0.1) is 0 Å². The van der Waals surface area contributed by atoms with E-state index < -0.39 is 10.0 Å². The van der Waals surface area contributed by atoms with E-state index in [2.05, 4.69) is 16.9 Å². The van der Waals surface area contributed by atoms with Crippen LogP contribution >= 0.6 is 11.3 Å². The number of hydrogen-bond acceptors (Lipinski definition) is 5. The highest BCUT2D eigenvalue weighted by molar-refractivity contribution is 7.89. The molecule has 0 saturated carbocycles. The summed E-state index contributed by atoms with van der Waals surface area (Å²) in [6.07, 6.45) is 2.11. The van der Waals surface area contributed by atoms with Gasteiger partial charge < -0.3 is 9.30 Å². The molecule has 3 rings (SSSR count). The van der Waals surface area contributed by atoms with Crippen LogP contribution < -0.4 is 9.54 Å². The number of hydrogen-bond donors (Lipinski definition) is 0. The molecule has 0 aliphatic carbocycles. The molecule has 0 unspecified atom stereocenters. The molecule has 1 aromatic heterocycles. The standard InChI is InChI=1S/C22H27N3O3S2/c1-5-6-15-25-21(17-7-13-20(14-8-17)30(26,27)24(2)3)16-29-22(25)23-18-9-11-19(28-4)12-10-18/h7-14,16H,5-6,15H2,1-4H3. The highest BCUT2D eigenvalue weighted by atomic mass is 32.2. The maximum Gasteiger partial charge on any atom is 0.242 e. The van der Waals surface area contributed by atoms with E-state index in [0.29, 0.717) is 0 Å². The Morgan fingerprint density at radius 3 is 2.30 bits per heavy atom. The van der Waals surface area contributed by atoms with Crippen LogP contribution in [0.15, 0.2) is 63.8 Å². The van der Waals surface area contributed by atoms with Gasteiger partial charge in [-0.25, -0.2) is 17.7 Å². The molecule has 1 heterocycles. The average molecular weight is 446 g/mol. The Balaban J connectivity index is 2.02. The SMILES string of the molecule is CCCCn1c(-c2ccc(S(=O)(=O)N(C)C)cc2)csc1=Nc1ccc(OC)cc1. The van der Waals surface area contributed by atoms with E-state index in [1.807, 2.05) is 36.4 Å². The summed E-state index contributed by atoms with van der Waals surface area (Å²) in [5.74, 6) is 0.799. The van der Waals surface area contributed by atoms with Gasteiger partial charge in [0.25, 0.3) is 0 Å². The molecule has 0 fully saturated rings. The number of unbranched alkanes of at least 4 members (excludes halogenated alkanes) is 1. The molecule has 0 saturated heterocycles. The first-order valence-corrected chi connectivity index (χ1v) is 12.1. The van der Waals surface area contributed by atoms with Gasteiger partial charge in [-0.2, -0.15) is 0 Å². The first-order valence-electron chi connectivity index (χ1n) is 9.77. The lowest BCUT2D eigenvalue weighted by Crippen LogP contribution is -2.22. The number of ether oxygens (including phenoxy) is 1. The summed E-state index contributed by atoms with van der Waals surface area (Å²) in [4.78, 5) is 6.02. The van der Waals surface area contributed by atoms with Crippen molar-refractivity contribution in [1.82, 2.24) is 8.87 Å². The maximum absolute atomic E-state index is 12.3. The number of thiazole rings is 1. The van der Waals surface area contributed by atoms with Gasteiger partial charge in [-0.3, -0.25) is 0 Å². The molecule has 0 aliphatic heterocycles. The molecule has 0 aliphatic rings. The van der Waals surface area contributed by atoms with Gasteiger partial charge in [0.05, 0.1) is 23.4 Å². The zero-order chi connectivity index (χ0) is 21.7. The summed E-state index contributed by atoms with van der Waals surface area (Å²) in [6, 6.07) is 14.7. The Kier molecular flexibility index (Phi) is 7.12. The Hall–Kier alpha value is -2.42. The Labute approximate surface area is 182 Å². The van der Waals surface area contributed by atoms with Crippen molar-refractivity contribution in [3.8, 4) is 17.0 Å². The molecular weight excluding hydrogens is 418 g/mol. The quantitative estimate of drug-likeness (QED) is 0.512. The van der Waals surface area contributed by atoms with Gasteiger partial charge in [0.2, 0.25) is 10.0 Å². The van der Waals surface area contributed by atoms with Crippen molar-refractivity contribution in [1.29, 1.82) is 0 Å². The summed E-state index contributed by atoms with van der Waals surface area (Å²) >= 11 is 1.58.